The van der Waals surface area contributed by atoms with Gasteiger partial charge in [0.2, 0.25) is 11.9 Å². The maximum absolute atomic E-state index is 12.8. The van der Waals surface area contributed by atoms with Crippen LogP contribution in [0.25, 0.3) is 0 Å². The molecular weight excluding hydrogens is 390 g/mol. The highest BCUT2D eigenvalue weighted by molar-refractivity contribution is 6.10. The van der Waals surface area contributed by atoms with Gasteiger partial charge in [-0.25, -0.2) is 4.99 Å². The number of aryl methyl sites for hydroxylation is 1. The van der Waals surface area contributed by atoms with E-state index in [1.807, 2.05) is 55.5 Å². The van der Waals surface area contributed by atoms with Crippen LogP contribution in [0, 0.1) is 6.92 Å². The van der Waals surface area contributed by atoms with E-state index in [1.54, 1.807) is 24.5 Å². The number of hydrogen-bond donors (Lipinski definition) is 3. The first-order valence-corrected chi connectivity index (χ1v) is 9.91. The molecule has 0 atom stereocenters. The fraction of sp³-hybridized carbons (Fsp3) is 0.167. The molecule has 0 bridgehead atoms. The normalized spacial score (nSPS) is 11.0. The van der Waals surface area contributed by atoms with E-state index in [0.29, 0.717) is 24.6 Å². The first-order valence-electron chi connectivity index (χ1n) is 9.91. The van der Waals surface area contributed by atoms with Gasteiger partial charge in [0.1, 0.15) is 0 Å². The molecule has 2 amide bonds. The van der Waals surface area contributed by atoms with Crippen molar-refractivity contribution in [3.8, 4) is 0 Å². The molecule has 0 aliphatic heterocycles. The number of hydrogen-bond acceptors (Lipinski definition) is 4. The van der Waals surface area contributed by atoms with Gasteiger partial charge in [0.25, 0.3) is 5.91 Å². The minimum absolute atomic E-state index is 0.0986. The van der Waals surface area contributed by atoms with Crippen LogP contribution in [0.2, 0.25) is 0 Å². The zero-order valence-electron chi connectivity index (χ0n) is 17.6. The van der Waals surface area contributed by atoms with Crippen LogP contribution >= 0.6 is 0 Å². The molecule has 0 saturated carbocycles. The molecule has 0 saturated heterocycles. The number of carbonyl (C=O) groups is 2. The van der Waals surface area contributed by atoms with Crippen molar-refractivity contribution < 1.29 is 9.59 Å². The van der Waals surface area contributed by atoms with Gasteiger partial charge in [0.15, 0.2) is 0 Å². The Morgan fingerprint density at radius 3 is 2.48 bits per heavy atom. The van der Waals surface area contributed by atoms with Crippen LogP contribution in [0.5, 0.6) is 0 Å². The van der Waals surface area contributed by atoms with E-state index in [9.17, 15) is 9.59 Å². The van der Waals surface area contributed by atoms with Gasteiger partial charge in [-0.15, -0.1) is 0 Å². The Morgan fingerprint density at radius 2 is 1.81 bits per heavy atom. The Morgan fingerprint density at radius 1 is 1.00 bits per heavy atom. The van der Waals surface area contributed by atoms with Crippen LogP contribution < -0.4 is 16.0 Å². The van der Waals surface area contributed by atoms with Crippen LogP contribution in [0.15, 0.2) is 78.0 Å². The highest BCUT2D eigenvalue weighted by atomic mass is 16.2. The molecule has 2 aromatic carbocycles. The van der Waals surface area contributed by atoms with Crippen LogP contribution in [0.3, 0.4) is 0 Å². The molecule has 3 aromatic rings. The molecule has 0 radical (unpaired) electrons. The number of anilines is 1. The third-order valence-corrected chi connectivity index (χ3v) is 4.41. The summed E-state index contributed by atoms with van der Waals surface area (Å²) in [5, 5.41) is 8.77. The summed E-state index contributed by atoms with van der Waals surface area (Å²) in [4.78, 5) is 32.5. The number of amides is 2. The quantitative estimate of drug-likeness (QED) is 0.425. The number of aromatic nitrogens is 1. The summed E-state index contributed by atoms with van der Waals surface area (Å²) in [5.74, 6) is -0.0311. The molecule has 0 fully saturated rings. The van der Waals surface area contributed by atoms with Gasteiger partial charge in [-0.3, -0.25) is 19.9 Å². The van der Waals surface area contributed by atoms with Gasteiger partial charge in [0.05, 0.1) is 6.54 Å². The summed E-state index contributed by atoms with van der Waals surface area (Å²) >= 11 is 0. The van der Waals surface area contributed by atoms with Crippen molar-refractivity contribution in [2.24, 2.45) is 4.99 Å². The molecule has 31 heavy (non-hydrogen) atoms. The van der Waals surface area contributed by atoms with Crippen LogP contribution in [0.4, 0.5) is 5.69 Å². The van der Waals surface area contributed by atoms with E-state index >= 15 is 0 Å². The highest BCUT2D eigenvalue weighted by Crippen LogP contribution is 2.10. The van der Waals surface area contributed by atoms with Crippen molar-refractivity contribution >= 4 is 23.5 Å². The fourth-order valence-electron chi connectivity index (χ4n) is 2.81. The molecule has 3 rings (SSSR count). The van der Waals surface area contributed by atoms with E-state index in [-0.39, 0.29) is 11.8 Å². The summed E-state index contributed by atoms with van der Waals surface area (Å²) in [6.07, 6.45) is 3.44. The van der Waals surface area contributed by atoms with Crippen molar-refractivity contribution in [1.82, 2.24) is 15.6 Å². The molecule has 0 aliphatic rings. The van der Waals surface area contributed by atoms with Crippen LogP contribution in [0.1, 0.15) is 34.0 Å². The minimum atomic E-state index is -0.281. The maximum Gasteiger partial charge on any atom is 0.257 e. The molecule has 0 unspecified atom stereocenters. The zero-order valence-corrected chi connectivity index (χ0v) is 17.6. The molecular formula is C24H25N5O2. The summed E-state index contributed by atoms with van der Waals surface area (Å²) < 4.78 is 0. The zero-order chi connectivity index (χ0) is 22.1. The lowest BCUT2D eigenvalue weighted by molar-refractivity contribution is -0.119. The molecule has 0 spiro atoms. The number of aliphatic imine (C=N–C) groups is 1. The standard InChI is InChI=1S/C24H25N5O2/c1-17-5-3-7-22(13-17)28-24(27-16-20-6-4-12-25-14-20)29-23(31)21-10-8-19(9-11-21)15-26-18(2)30/h3-14H,15-16H2,1-2H3,(H,26,30)(H2,27,28,29,31). The predicted molar refractivity (Wildman–Crippen MR) is 122 cm³/mol. The average Bonchev–Trinajstić information content (AvgIpc) is 2.77. The predicted octanol–water partition coefficient (Wildman–Crippen LogP) is 3.42. The van der Waals surface area contributed by atoms with Crippen molar-refractivity contribution in [2.75, 3.05) is 5.32 Å². The summed E-state index contributed by atoms with van der Waals surface area (Å²) in [5.41, 5.74) is 4.26. The first kappa shape index (κ1) is 21.7. The van der Waals surface area contributed by atoms with Gasteiger partial charge >= 0.3 is 0 Å². The van der Waals surface area contributed by atoms with Crippen molar-refractivity contribution in [2.45, 2.75) is 26.9 Å². The third-order valence-electron chi connectivity index (χ3n) is 4.41. The fourth-order valence-corrected chi connectivity index (χ4v) is 2.81. The molecule has 0 aliphatic carbocycles. The van der Waals surface area contributed by atoms with E-state index in [4.69, 9.17) is 0 Å². The van der Waals surface area contributed by atoms with E-state index in [0.717, 1.165) is 22.4 Å². The minimum Gasteiger partial charge on any atom is -0.352 e. The number of rotatable bonds is 6. The maximum atomic E-state index is 12.8. The molecule has 7 nitrogen and oxygen atoms in total. The van der Waals surface area contributed by atoms with Gasteiger partial charge in [-0.2, -0.15) is 0 Å². The second kappa shape index (κ2) is 10.7. The Kier molecular flexibility index (Phi) is 7.48. The van der Waals surface area contributed by atoms with Gasteiger partial charge in [-0.1, -0.05) is 30.3 Å². The van der Waals surface area contributed by atoms with Crippen LogP contribution in [-0.2, 0) is 17.9 Å². The Hall–Kier alpha value is -4.00. The van der Waals surface area contributed by atoms with Gasteiger partial charge in [-0.05, 0) is 53.9 Å². The van der Waals surface area contributed by atoms with Crippen LogP contribution in [-0.4, -0.2) is 22.8 Å². The average molecular weight is 415 g/mol. The number of pyridine rings is 1. The molecule has 3 N–H and O–H groups in total. The topological polar surface area (TPSA) is 95.5 Å². The van der Waals surface area contributed by atoms with Gasteiger partial charge in [0, 0.05) is 37.1 Å². The molecule has 158 valence electrons. The SMILES string of the molecule is CC(=O)NCc1ccc(C(=O)NC(=NCc2cccnc2)Nc2cccc(C)c2)cc1. The van der Waals surface area contributed by atoms with E-state index in [2.05, 4.69) is 25.9 Å². The lowest BCUT2D eigenvalue weighted by atomic mass is 10.1. The number of nitrogens with one attached hydrogen (secondary N) is 3. The Balaban J connectivity index is 1.73. The third kappa shape index (κ3) is 7.08. The first-order chi connectivity index (χ1) is 15.0. The second-order valence-corrected chi connectivity index (χ2v) is 7.08. The lowest BCUT2D eigenvalue weighted by Gasteiger charge is -2.13. The lowest BCUT2D eigenvalue weighted by Crippen LogP contribution is -2.36. The molecule has 7 heteroatoms. The Labute approximate surface area is 181 Å². The van der Waals surface area contributed by atoms with Crippen molar-refractivity contribution in [3.05, 3.63) is 95.3 Å². The smallest absolute Gasteiger partial charge is 0.257 e. The summed E-state index contributed by atoms with van der Waals surface area (Å²) in [6, 6.07) is 18.7. The van der Waals surface area contributed by atoms with Crippen molar-refractivity contribution in [3.63, 3.8) is 0 Å². The highest BCUT2D eigenvalue weighted by Gasteiger charge is 2.10. The number of benzene rings is 2. The summed E-state index contributed by atoms with van der Waals surface area (Å²) in [7, 11) is 0. The number of carbonyl (C=O) groups excluding carboxylic acids is 2. The second-order valence-electron chi connectivity index (χ2n) is 7.08. The largest absolute Gasteiger partial charge is 0.352 e. The molecule has 1 heterocycles. The van der Waals surface area contributed by atoms with E-state index in [1.165, 1.54) is 6.92 Å². The number of guanidine groups is 1. The van der Waals surface area contributed by atoms with E-state index < -0.39 is 0 Å². The summed E-state index contributed by atoms with van der Waals surface area (Å²) in [6.45, 7) is 4.26. The number of nitrogens with zero attached hydrogens (tertiary/aromatic N) is 2. The van der Waals surface area contributed by atoms with Gasteiger partial charge < -0.3 is 10.6 Å². The Bertz CT molecular complexity index is 1060. The van der Waals surface area contributed by atoms with Crippen molar-refractivity contribution in [1.29, 1.82) is 0 Å². The monoisotopic (exact) mass is 415 g/mol. The molecule has 1 aromatic heterocycles.